The average molecular weight is 385 g/mol. The molecule has 2 aromatic carbocycles. The molecule has 0 unspecified atom stereocenters. The second-order valence-corrected chi connectivity index (χ2v) is 6.99. The highest BCUT2D eigenvalue weighted by Gasteiger charge is 2.28. The smallest absolute Gasteiger partial charge is 0.107 e. The summed E-state index contributed by atoms with van der Waals surface area (Å²) in [5, 5.41) is 2.99. The Morgan fingerprint density at radius 2 is 1.70 bits per heavy atom. The van der Waals surface area contributed by atoms with Crippen LogP contribution in [-0.4, -0.2) is 11.6 Å². The van der Waals surface area contributed by atoms with E-state index in [9.17, 15) is 0 Å². The summed E-state index contributed by atoms with van der Waals surface area (Å²) in [4.78, 5) is 4.68. The van der Waals surface area contributed by atoms with E-state index in [1.807, 2.05) is 18.2 Å². The van der Waals surface area contributed by atoms with Crippen LogP contribution in [0.4, 0.5) is 0 Å². The van der Waals surface area contributed by atoms with Gasteiger partial charge in [0.2, 0.25) is 0 Å². The van der Waals surface area contributed by atoms with Crippen molar-refractivity contribution in [2.24, 2.45) is 0 Å². The third kappa shape index (κ3) is 2.90. The Kier molecular flexibility index (Phi) is 3.91. The van der Waals surface area contributed by atoms with Crippen molar-refractivity contribution in [1.29, 1.82) is 0 Å². The summed E-state index contributed by atoms with van der Waals surface area (Å²) in [6.45, 7) is 0.685. The lowest BCUT2D eigenvalue weighted by Crippen LogP contribution is -1.93. The summed E-state index contributed by atoms with van der Waals surface area (Å²) in [6, 6.07) is 11.0. The highest BCUT2D eigenvalue weighted by Crippen LogP contribution is 2.40. The molecule has 1 fully saturated rings. The predicted octanol–water partition coefficient (Wildman–Crippen LogP) is 6.59. The summed E-state index contributed by atoms with van der Waals surface area (Å²) in [5.74, 6) is 0. The third-order valence-corrected chi connectivity index (χ3v) is 5.00. The maximum absolute atomic E-state index is 6.34. The zero-order valence-corrected chi connectivity index (χ0v) is 14.6. The first-order valence-electron chi connectivity index (χ1n) is 6.89. The molecular formula is C17H9Cl4NO. The molecule has 2 nitrogen and oxygen atoms in total. The van der Waals surface area contributed by atoms with Gasteiger partial charge in [-0.1, -0.05) is 52.5 Å². The van der Waals surface area contributed by atoms with Gasteiger partial charge in [0.15, 0.2) is 0 Å². The zero-order valence-electron chi connectivity index (χ0n) is 11.6. The van der Waals surface area contributed by atoms with Gasteiger partial charge in [-0.2, -0.15) is 0 Å². The average Bonchev–Trinajstić information content (AvgIpc) is 3.34. The van der Waals surface area contributed by atoms with Gasteiger partial charge in [0.1, 0.15) is 6.10 Å². The van der Waals surface area contributed by atoms with Crippen molar-refractivity contribution in [1.82, 2.24) is 4.98 Å². The van der Waals surface area contributed by atoms with E-state index in [2.05, 4.69) is 4.98 Å². The van der Waals surface area contributed by atoms with Gasteiger partial charge in [0, 0.05) is 16.0 Å². The first kappa shape index (κ1) is 15.5. The second kappa shape index (κ2) is 5.80. The van der Waals surface area contributed by atoms with E-state index in [1.54, 1.807) is 18.2 Å². The van der Waals surface area contributed by atoms with E-state index in [1.165, 1.54) is 0 Å². The Bertz CT molecular complexity index is 938. The van der Waals surface area contributed by atoms with Crippen LogP contribution in [0.15, 0.2) is 36.4 Å². The SMILES string of the molecule is Clc1cc(Cl)c2nc(-c3ccc(Cl)c(Cl)c3)cc([C@@H]3CO3)c2c1. The fourth-order valence-corrected chi connectivity index (χ4v) is 3.41. The van der Waals surface area contributed by atoms with Crippen LogP contribution in [-0.2, 0) is 4.74 Å². The van der Waals surface area contributed by atoms with E-state index in [-0.39, 0.29) is 6.10 Å². The van der Waals surface area contributed by atoms with E-state index < -0.39 is 0 Å². The number of halogens is 4. The van der Waals surface area contributed by atoms with Crippen molar-refractivity contribution < 1.29 is 4.74 Å². The Labute approximate surface area is 152 Å². The minimum absolute atomic E-state index is 0.0524. The molecular weight excluding hydrogens is 376 g/mol. The van der Waals surface area contributed by atoms with E-state index in [4.69, 9.17) is 51.1 Å². The summed E-state index contributed by atoms with van der Waals surface area (Å²) in [5.41, 5.74) is 3.37. The standard InChI is InChI=1S/C17H9Cl4NO/c18-9-4-11-10(16-7-23-16)6-15(22-17(11)14(21)5-9)8-1-2-12(19)13(20)3-8/h1-6,16H,7H2/t16-/m0/s1. The van der Waals surface area contributed by atoms with Crippen LogP contribution in [0.3, 0.4) is 0 Å². The lowest BCUT2D eigenvalue weighted by atomic mass is 10.0. The zero-order chi connectivity index (χ0) is 16.1. The van der Waals surface area contributed by atoms with Crippen molar-refractivity contribution >= 4 is 57.3 Å². The molecule has 4 rings (SSSR count). The molecule has 0 amide bonds. The van der Waals surface area contributed by atoms with E-state index in [0.29, 0.717) is 32.2 Å². The van der Waals surface area contributed by atoms with Crippen LogP contribution < -0.4 is 0 Å². The van der Waals surface area contributed by atoms with Gasteiger partial charge >= 0.3 is 0 Å². The molecule has 0 bridgehead atoms. The van der Waals surface area contributed by atoms with Gasteiger partial charge < -0.3 is 4.74 Å². The van der Waals surface area contributed by atoms with Gasteiger partial charge in [-0.05, 0) is 35.9 Å². The fourth-order valence-electron chi connectivity index (χ4n) is 2.57. The number of nitrogens with zero attached hydrogens (tertiary/aromatic N) is 1. The molecule has 1 atom stereocenters. The molecule has 23 heavy (non-hydrogen) atoms. The molecule has 0 spiro atoms. The molecule has 1 aliphatic heterocycles. The molecule has 2 heterocycles. The quantitative estimate of drug-likeness (QED) is 0.466. The number of hydrogen-bond donors (Lipinski definition) is 0. The Balaban J connectivity index is 1.99. The summed E-state index contributed by atoms with van der Waals surface area (Å²) >= 11 is 24.6. The van der Waals surface area contributed by atoms with Crippen LogP contribution in [0, 0.1) is 0 Å². The Morgan fingerprint density at radius 3 is 2.39 bits per heavy atom. The molecule has 3 aromatic rings. The Hall–Kier alpha value is -1.03. The van der Waals surface area contributed by atoms with E-state index >= 15 is 0 Å². The maximum atomic E-state index is 6.34. The van der Waals surface area contributed by atoms with Crippen molar-refractivity contribution in [2.45, 2.75) is 6.10 Å². The lowest BCUT2D eigenvalue weighted by Gasteiger charge is -2.10. The lowest BCUT2D eigenvalue weighted by molar-refractivity contribution is 0.417. The highest BCUT2D eigenvalue weighted by molar-refractivity contribution is 6.42. The van der Waals surface area contributed by atoms with Crippen molar-refractivity contribution in [3.8, 4) is 11.3 Å². The number of aromatic nitrogens is 1. The largest absolute Gasteiger partial charge is 0.368 e. The number of ether oxygens (including phenoxy) is 1. The summed E-state index contributed by atoms with van der Waals surface area (Å²) < 4.78 is 5.45. The molecule has 1 aromatic heterocycles. The predicted molar refractivity (Wildman–Crippen MR) is 95.9 cm³/mol. The highest BCUT2D eigenvalue weighted by atomic mass is 35.5. The topological polar surface area (TPSA) is 25.4 Å². The maximum Gasteiger partial charge on any atom is 0.107 e. The number of pyridine rings is 1. The number of benzene rings is 2. The molecule has 1 saturated heterocycles. The van der Waals surface area contributed by atoms with Gasteiger partial charge in [0.25, 0.3) is 0 Å². The third-order valence-electron chi connectivity index (χ3n) is 3.76. The normalized spacial score (nSPS) is 16.8. The van der Waals surface area contributed by atoms with Crippen LogP contribution in [0.5, 0.6) is 0 Å². The molecule has 0 saturated carbocycles. The number of hydrogen-bond acceptors (Lipinski definition) is 2. The van der Waals surface area contributed by atoms with Crippen LogP contribution >= 0.6 is 46.4 Å². The van der Waals surface area contributed by atoms with Crippen molar-refractivity contribution in [3.63, 3.8) is 0 Å². The van der Waals surface area contributed by atoms with E-state index in [0.717, 1.165) is 22.2 Å². The molecule has 0 radical (unpaired) electrons. The molecule has 0 N–H and O–H groups in total. The second-order valence-electron chi connectivity index (χ2n) is 5.33. The molecule has 1 aliphatic rings. The number of rotatable bonds is 2. The summed E-state index contributed by atoms with van der Waals surface area (Å²) in [6.07, 6.45) is 0.0524. The number of epoxide rings is 1. The van der Waals surface area contributed by atoms with Gasteiger partial charge in [-0.25, -0.2) is 4.98 Å². The monoisotopic (exact) mass is 383 g/mol. The molecule has 6 heteroatoms. The summed E-state index contributed by atoms with van der Waals surface area (Å²) in [7, 11) is 0. The minimum atomic E-state index is 0.0524. The molecule has 116 valence electrons. The number of fused-ring (bicyclic) bond motifs is 1. The van der Waals surface area contributed by atoms with Crippen LogP contribution in [0.2, 0.25) is 20.1 Å². The fraction of sp³-hybridized carbons (Fsp3) is 0.118. The molecule has 0 aliphatic carbocycles. The minimum Gasteiger partial charge on any atom is -0.368 e. The van der Waals surface area contributed by atoms with Gasteiger partial charge in [-0.3, -0.25) is 0 Å². The van der Waals surface area contributed by atoms with Crippen LogP contribution in [0.1, 0.15) is 11.7 Å². The van der Waals surface area contributed by atoms with Gasteiger partial charge in [0.05, 0.1) is 32.9 Å². The van der Waals surface area contributed by atoms with Crippen LogP contribution in [0.25, 0.3) is 22.2 Å². The first-order valence-corrected chi connectivity index (χ1v) is 8.41. The Morgan fingerprint density at radius 1 is 0.913 bits per heavy atom. The van der Waals surface area contributed by atoms with Gasteiger partial charge in [-0.15, -0.1) is 0 Å². The first-order chi connectivity index (χ1) is 11.0. The van der Waals surface area contributed by atoms with Crippen molar-refractivity contribution in [2.75, 3.05) is 6.61 Å². The van der Waals surface area contributed by atoms with Crippen molar-refractivity contribution in [3.05, 3.63) is 62.1 Å².